The van der Waals surface area contributed by atoms with Crippen molar-refractivity contribution in [3.05, 3.63) is 52.3 Å². The number of benzene rings is 1. The first-order chi connectivity index (χ1) is 9.20. The Labute approximate surface area is 123 Å². The van der Waals surface area contributed by atoms with Crippen LogP contribution in [0, 0.1) is 0 Å². The molecule has 7 heteroatoms. The summed E-state index contributed by atoms with van der Waals surface area (Å²) >= 11 is 4.97. The number of nitrogens with two attached hydrogens (primary N) is 1. The third kappa shape index (κ3) is 3.76. The van der Waals surface area contributed by atoms with Gasteiger partial charge in [0.1, 0.15) is 0 Å². The van der Waals surface area contributed by atoms with E-state index in [0.717, 1.165) is 20.9 Å². The smallest absolute Gasteiger partial charge is 0.265 e. The summed E-state index contributed by atoms with van der Waals surface area (Å²) in [6.45, 7) is 0. The third-order valence-electron chi connectivity index (χ3n) is 2.35. The third-order valence-corrected chi connectivity index (χ3v) is 4.01. The second-order valence-corrected chi connectivity index (χ2v) is 5.40. The van der Waals surface area contributed by atoms with Crippen LogP contribution in [0.4, 0.5) is 0 Å². The Morgan fingerprint density at radius 1 is 1.37 bits per heavy atom. The normalized spacial score (nSPS) is 10.2. The van der Waals surface area contributed by atoms with Gasteiger partial charge < -0.3 is 0 Å². The number of aromatic nitrogens is 2. The summed E-state index contributed by atoms with van der Waals surface area (Å²) in [6.07, 6.45) is 3.41. The predicted octanol–water partition coefficient (Wildman–Crippen LogP) is 2.13. The molecule has 0 saturated carbocycles. The highest BCUT2D eigenvalue weighted by Gasteiger charge is 2.08. The van der Waals surface area contributed by atoms with Gasteiger partial charge >= 0.3 is 0 Å². The zero-order valence-electron chi connectivity index (χ0n) is 9.84. The lowest BCUT2D eigenvalue weighted by Gasteiger charge is -2.06. The molecule has 0 spiro atoms. The maximum atomic E-state index is 11.4. The minimum atomic E-state index is -0.314. The SMILES string of the molecule is NNC(=O)c1ccc(CSc2ncccn2)c(Br)c1. The van der Waals surface area contributed by atoms with Crippen LogP contribution in [0.2, 0.25) is 0 Å². The molecule has 0 aliphatic heterocycles. The summed E-state index contributed by atoms with van der Waals surface area (Å²) in [5.41, 5.74) is 3.67. The number of nitrogens with one attached hydrogen (secondary N) is 1. The lowest BCUT2D eigenvalue weighted by Crippen LogP contribution is -2.29. The van der Waals surface area contributed by atoms with Gasteiger partial charge in [0.05, 0.1) is 0 Å². The van der Waals surface area contributed by atoms with Crippen molar-refractivity contribution in [3.63, 3.8) is 0 Å². The van der Waals surface area contributed by atoms with E-state index in [2.05, 4.69) is 31.3 Å². The van der Waals surface area contributed by atoms with Crippen molar-refractivity contribution in [2.24, 2.45) is 5.84 Å². The maximum absolute atomic E-state index is 11.4. The van der Waals surface area contributed by atoms with Gasteiger partial charge in [-0.25, -0.2) is 15.8 Å². The lowest BCUT2D eigenvalue weighted by molar-refractivity contribution is 0.0953. The monoisotopic (exact) mass is 338 g/mol. The summed E-state index contributed by atoms with van der Waals surface area (Å²) in [6, 6.07) is 7.13. The fourth-order valence-corrected chi connectivity index (χ4v) is 2.90. The largest absolute Gasteiger partial charge is 0.290 e. The standard InChI is InChI=1S/C12H11BrN4OS/c13-10-6-8(11(18)17-14)2-3-9(10)7-19-12-15-4-1-5-16-12/h1-6H,7,14H2,(H,17,18). The van der Waals surface area contributed by atoms with Crippen molar-refractivity contribution in [1.29, 1.82) is 0 Å². The zero-order chi connectivity index (χ0) is 13.7. The van der Waals surface area contributed by atoms with Crippen LogP contribution in [0.15, 0.2) is 46.3 Å². The van der Waals surface area contributed by atoms with Crippen LogP contribution >= 0.6 is 27.7 Å². The first kappa shape index (κ1) is 14.0. The van der Waals surface area contributed by atoms with Gasteiger partial charge in [0.25, 0.3) is 5.91 Å². The molecule has 1 amide bonds. The summed E-state index contributed by atoms with van der Waals surface area (Å²) in [4.78, 5) is 19.7. The molecule has 2 aromatic rings. The second-order valence-electron chi connectivity index (χ2n) is 3.60. The molecule has 0 bridgehead atoms. The molecule has 0 saturated heterocycles. The highest BCUT2D eigenvalue weighted by Crippen LogP contribution is 2.25. The quantitative estimate of drug-likeness (QED) is 0.293. The molecule has 98 valence electrons. The molecule has 2 rings (SSSR count). The van der Waals surface area contributed by atoms with E-state index in [1.807, 2.05) is 6.07 Å². The molecular formula is C12H11BrN4OS. The number of nitrogens with zero attached hydrogens (tertiary/aromatic N) is 2. The number of nitrogen functional groups attached to an aromatic ring is 1. The molecule has 1 aromatic carbocycles. The van der Waals surface area contributed by atoms with Crippen LogP contribution in [0.1, 0.15) is 15.9 Å². The average Bonchev–Trinajstić information content (AvgIpc) is 2.46. The fourth-order valence-electron chi connectivity index (χ4n) is 1.39. The van der Waals surface area contributed by atoms with Crippen LogP contribution in [-0.2, 0) is 5.75 Å². The molecule has 5 nitrogen and oxygen atoms in total. The number of rotatable bonds is 4. The van der Waals surface area contributed by atoms with Crippen molar-refractivity contribution in [2.45, 2.75) is 10.9 Å². The number of carbonyl (C=O) groups is 1. The second kappa shape index (κ2) is 6.65. The number of amides is 1. The number of hydrazine groups is 1. The van der Waals surface area contributed by atoms with Gasteiger partial charge in [0.2, 0.25) is 0 Å². The van der Waals surface area contributed by atoms with E-state index in [0.29, 0.717) is 5.56 Å². The van der Waals surface area contributed by atoms with E-state index in [1.54, 1.807) is 30.6 Å². The van der Waals surface area contributed by atoms with E-state index in [-0.39, 0.29) is 5.91 Å². The lowest BCUT2D eigenvalue weighted by atomic mass is 10.1. The van der Waals surface area contributed by atoms with Crippen LogP contribution in [0.5, 0.6) is 0 Å². The Morgan fingerprint density at radius 3 is 2.74 bits per heavy atom. The van der Waals surface area contributed by atoms with Gasteiger partial charge in [-0.05, 0) is 23.8 Å². The molecule has 0 fully saturated rings. The minimum Gasteiger partial charge on any atom is -0.290 e. The van der Waals surface area contributed by atoms with Gasteiger partial charge in [0.15, 0.2) is 5.16 Å². The Morgan fingerprint density at radius 2 is 2.11 bits per heavy atom. The van der Waals surface area contributed by atoms with E-state index >= 15 is 0 Å². The summed E-state index contributed by atoms with van der Waals surface area (Å²) in [5.74, 6) is 5.50. The van der Waals surface area contributed by atoms with Gasteiger partial charge in [-0.15, -0.1) is 0 Å². The molecule has 1 heterocycles. The topological polar surface area (TPSA) is 80.9 Å². The van der Waals surface area contributed by atoms with Crippen molar-refractivity contribution >= 4 is 33.6 Å². The van der Waals surface area contributed by atoms with E-state index in [9.17, 15) is 4.79 Å². The predicted molar refractivity (Wildman–Crippen MR) is 77.4 cm³/mol. The molecular weight excluding hydrogens is 328 g/mol. The number of halogens is 1. The Bertz CT molecular complexity index is 579. The van der Waals surface area contributed by atoms with E-state index in [4.69, 9.17) is 5.84 Å². The summed E-state index contributed by atoms with van der Waals surface area (Å²) in [5, 5.41) is 0.721. The van der Waals surface area contributed by atoms with Gasteiger partial charge in [-0.3, -0.25) is 10.2 Å². The van der Waals surface area contributed by atoms with Crippen molar-refractivity contribution in [3.8, 4) is 0 Å². The number of hydrogen-bond acceptors (Lipinski definition) is 5. The number of carbonyl (C=O) groups excluding carboxylic acids is 1. The highest BCUT2D eigenvalue weighted by atomic mass is 79.9. The van der Waals surface area contributed by atoms with Gasteiger partial charge in [0, 0.05) is 28.2 Å². The Kier molecular flexibility index (Phi) is 4.89. The van der Waals surface area contributed by atoms with Crippen LogP contribution in [0.25, 0.3) is 0 Å². The van der Waals surface area contributed by atoms with E-state index in [1.165, 1.54) is 11.8 Å². The fraction of sp³-hybridized carbons (Fsp3) is 0.0833. The molecule has 0 aliphatic rings. The van der Waals surface area contributed by atoms with Crippen LogP contribution in [0.3, 0.4) is 0 Å². The first-order valence-corrected chi connectivity index (χ1v) is 7.18. The van der Waals surface area contributed by atoms with Crippen molar-refractivity contribution in [1.82, 2.24) is 15.4 Å². The Hall–Kier alpha value is -1.44. The summed E-state index contributed by atoms with van der Waals surface area (Å²) in [7, 11) is 0. The molecule has 19 heavy (non-hydrogen) atoms. The van der Waals surface area contributed by atoms with Gasteiger partial charge in [-0.1, -0.05) is 33.8 Å². The van der Waals surface area contributed by atoms with Crippen LogP contribution < -0.4 is 11.3 Å². The molecule has 0 atom stereocenters. The molecule has 0 aliphatic carbocycles. The molecule has 0 unspecified atom stereocenters. The van der Waals surface area contributed by atoms with Crippen LogP contribution in [-0.4, -0.2) is 15.9 Å². The average molecular weight is 339 g/mol. The van der Waals surface area contributed by atoms with E-state index < -0.39 is 0 Å². The molecule has 1 aromatic heterocycles. The first-order valence-electron chi connectivity index (χ1n) is 5.40. The number of thioether (sulfide) groups is 1. The molecule has 3 N–H and O–H groups in total. The Balaban J connectivity index is 2.07. The zero-order valence-corrected chi connectivity index (χ0v) is 12.2. The minimum absolute atomic E-state index is 0.314. The van der Waals surface area contributed by atoms with Gasteiger partial charge in [-0.2, -0.15) is 0 Å². The van der Waals surface area contributed by atoms with Crippen molar-refractivity contribution in [2.75, 3.05) is 0 Å². The maximum Gasteiger partial charge on any atom is 0.265 e. The number of hydrogen-bond donors (Lipinski definition) is 2. The highest BCUT2D eigenvalue weighted by molar-refractivity contribution is 9.10. The summed E-state index contributed by atoms with van der Waals surface area (Å²) < 4.78 is 0.858. The van der Waals surface area contributed by atoms with Crippen molar-refractivity contribution < 1.29 is 4.79 Å². The molecule has 0 radical (unpaired) electrons.